The van der Waals surface area contributed by atoms with Crippen molar-refractivity contribution >= 4 is 5.82 Å². The third kappa shape index (κ3) is 3.66. The van der Waals surface area contributed by atoms with Crippen molar-refractivity contribution in [2.45, 2.75) is 13.0 Å². The lowest BCUT2D eigenvalue weighted by Crippen LogP contribution is -2.28. The summed E-state index contributed by atoms with van der Waals surface area (Å²) >= 11 is 0. The molecule has 2 rings (SSSR count). The molecule has 1 aliphatic rings. The molecule has 3 N–H and O–H groups in total. The molecule has 1 aliphatic heterocycles. The Balaban J connectivity index is 1.94. The Morgan fingerprint density at radius 3 is 3.06 bits per heavy atom. The number of aromatic nitrogens is 1. The molecule has 0 bridgehead atoms. The van der Waals surface area contributed by atoms with Crippen LogP contribution in [0.1, 0.15) is 12.0 Å². The summed E-state index contributed by atoms with van der Waals surface area (Å²) in [5.41, 5.74) is 3.85. The molecule has 2 heterocycles. The van der Waals surface area contributed by atoms with Gasteiger partial charge in [-0.2, -0.15) is 0 Å². The van der Waals surface area contributed by atoms with Crippen molar-refractivity contribution < 1.29 is 0 Å². The van der Waals surface area contributed by atoms with E-state index in [1.807, 2.05) is 6.07 Å². The molecule has 0 amide bonds. The molecule has 1 aromatic rings. The number of nitrogens with two attached hydrogens (primary N) is 1. The van der Waals surface area contributed by atoms with Gasteiger partial charge in [0.25, 0.3) is 0 Å². The fraction of sp³-hybridized carbons (Fsp3) is 0.583. The molecule has 5 nitrogen and oxygen atoms in total. The van der Waals surface area contributed by atoms with Crippen LogP contribution in [0.25, 0.3) is 0 Å². The Bertz CT molecular complexity index is 355. The zero-order chi connectivity index (χ0) is 12.1. The molecule has 0 aliphatic carbocycles. The predicted octanol–water partition coefficient (Wildman–Crippen LogP) is 0.505. The SMILES string of the molecule is CN1CCCN(Cc2ccnc(NN)c2)CC1. The van der Waals surface area contributed by atoms with Gasteiger partial charge in [-0.25, -0.2) is 10.8 Å². The maximum atomic E-state index is 5.36. The van der Waals surface area contributed by atoms with Gasteiger partial charge in [0, 0.05) is 25.8 Å². The predicted molar refractivity (Wildman–Crippen MR) is 69.4 cm³/mol. The fourth-order valence-electron chi connectivity index (χ4n) is 2.17. The zero-order valence-corrected chi connectivity index (χ0v) is 10.4. The van der Waals surface area contributed by atoms with Gasteiger partial charge in [-0.15, -0.1) is 0 Å². The fourth-order valence-corrected chi connectivity index (χ4v) is 2.17. The van der Waals surface area contributed by atoms with Crippen molar-refractivity contribution in [1.29, 1.82) is 0 Å². The highest BCUT2D eigenvalue weighted by molar-refractivity contribution is 5.35. The molecule has 5 heteroatoms. The van der Waals surface area contributed by atoms with E-state index in [4.69, 9.17) is 5.84 Å². The van der Waals surface area contributed by atoms with Crippen LogP contribution in [0.2, 0.25) is 0 Å². The monoisotopic (exact) mass is 235 g/mol. The number of hydrazine groups is 1. The lowest BCUT2D eigenvalue weighted by molar-refractivity contribution is 0.269. The highest BCUT2D eigenvalue weighted by Gasteiger charge is 2.12. The first kappa shape index (κ1) is 12.3. The molecule has 94 valence electrons. The van der Waals surface area contributed by atoms with Crippen LogP contribution in [0.4, 0.5) is 5.82 Å². The number of nitrogen functional groups attached to an aromatic ring is 1. The Hall–Kier alpha value is -1.17. The van der Waals surface area contributed by atoms with E-state index >= 15 is 0 Å². The summed E-state index contributed by atoms with van der Waals surface area (Å²) < 4.78 is 0. The van der Waals surface area contributed by atoms with Crippen LogP contribution >= 0.6 is 0 Å². The molecule has 0 atom stereocenters. The van der Waals surface area contributed by atoms with Gasteiger partial charge in [0.15, 0.2) is 0 Å². The number of nitrogens with one attached hydrogen (secondary N) is 1. The van der Waals surface area contributed by atoms with Crippen LogP contribution in [-0.4, -0.2) is 48.0 Å². The van der Waals surface area contributed by atoms with Crippen molar-refractivity contribution in [3.63, 3.8) is 0 Å². The number of hydrogen-bond acceptors (Lipinski definition) is 5. The molecule has 1 aromatic heterocycles. The summed E-state index contributed by atoms with van der Waals surface area (Å²) in [4.78, 5) is 8.99. The molecule has 1 saturated heterocycles. The molecule has 0 unspecified atom stereocenters. The summed E-state index contributed by atoms with van der Waals surface area (Å²) in [6.45, 7) is 5.61. The van der Waals surface area contributed by atoms with E-state index in [0.717, 1.165) is 32.0 Å². The van der Waals surface area contributed by atoms with Crippen LogP contribution in [0.5, 0.6) is 0 Å². The molecule has 0 aromatic carbocycles. The van der Waals surface area contributed by atoms with E-state index in [-0.39, 0.29) is 0 Å². The van der Waals surface area contributed by atoms with Gasteiger partial charge in [0.2, 0.25) is 0 Å². The number of pyridine rings is 1. The normalized spacial score (nSPS) is 18.9. The topological polar surface area (TPSA) is 57.4 Å². The van der Waals surface area contributed by atoms with Crippen molar-refractivity contribution in [2.24, 2.45) is 5.84 Å². The van der Waals surface area contributed by atoms with Crippen molar-refractivity contribution in [1.82, 2.24) is 14.8 Å². The first-order chi connectivity index (χ1) is 8.28. The first-order valence-corrected chi connectivity index (χ1v) is 6.10. The standard InChI is InChI=1S/C12H21N5/c1-16-5-2-6-17(8-7-16)10-11-3-4-14-12(9-11)15-13/h3-4,9H,2,5-8,10,13H2,1H3,(H,14,15). The van der Waals surface area contributed by atoms with Crippen molar-refractivity contribution in [3.8, 4) is 0 Å². The Morgan fingerprint density at radius 1 is 1.35 bits per heavy atom. The molecule has 17 heavy (non-hydrogen) atoms. The van der Waals surface area contributed by atoms with Gasteiger partial charge in [-0.1, -0.05) is 0 Å². The Labute approximate surface area is 103 Å². The molecule has 0 spiro atoms. The van der Waals surface area contributed by atoms with Gasteiger partial charge in [0.05, 0.1) is 0 Å². The second kappa shape index (κ2) is 5.95. The molecule has 1 fully saturated rings. The maximum absolute atomic E-state index is 5.36. The summed E-state index contributed by atoms with van der Waals surface area (Å²) in [5.74, 6) is 6.09. The van der Waals surface area contributed by atoms with Gasteiger partial charge >= 0.3 is 0 Å². The van der Waals surface area contributed by atoms with Gasteiger partial charge in [-0.3, -0.25) is 4.90 Å². The van der Waals surface area contributed by atoms with Crippen LogP contribution in [0, 0.1) is 0 Å². The minimum absolute atomic E-state index is 0.731. The van der Waals surface area contributed by atoms with Crippen LogP contribution < -0.4 is 11.3 Å². The van der Waals surface area contributed by atoms with Crippen LogP contribution in [0.15, 0.2) is 18.3 Å². The number of likely N-dealkylation sites (N-methyl/N-ethyl adjacent to an activating group) is 1. The summed E-state index contributed by atoms with van der Waals surface area (Å²) in [6.07, 6.45) is 3.04. The molecule has 0 radical (unpaired) electrons. The molecular weight excluding hydrogens is 214 g/mol. The smallest absolute Gasteiger partial charge is 0.140 e. The van der Waals surface area contributed by atoms with Gasteiger partial charge in [-0.05, 0) is 44.3 Å². The first-order valence-electron chi connectivity index (χ1n) is 6.10. The quantitative estimate of drug-likeness (QED) is 0.590. The molecule has 0 saturated carbocycles. The Kier molecular flexibility index (Phi) is 4.30. The summed E-state index contributed by atoms with van der Waals surface area (Å²) in [6, 6.07) is 4.06. The van der Waals surface area contributed by atoms with E-state index < -0.39 is 0 Å². The van der Waals surface area contributed by atoms with E-state index in [1.165, 1.54) is 18.5 Å². The number of anilines is 1. The third-order valence-electron chi connectivity index (χ3n) is 3.19. The minimum atomic E-state index is 0.731. The van der Waals surface area contributed by atoms with Crippen molar-refractivity contribution in [3.05, 3.63) is 23.9 Å². The Morgan fingerprint density at radius 2 is 2.24 bits per heavy atom. The van der Waals surface area contributed by atoms with E-state index in [9.17, 15) is 0 Å². The van der Waals surface area contributed by atoms with E-state index in [1.54, 1.807) is 6.20 Å². The number of rotatable bonds is 3. The maximum Gasteiger partial charge on any atom is 0.140 e. The molecular formula is C12H21N5. The van der Waals surface area contributed by atoms with Crippen molar-refractivity contribution in [2.75, 3.05) is 38.7 Å². The largest absolute Gasteiger partial charge is 0.308 e. The summed E-state index contributed by atoms with van der Waals surface area (Å²) in [5, 5.41) is 0. The second-order valence-corrected chi connectivity index (χ2v) is 4.63. The zero-order valence-electron chi connectivity index (χ0n) is 10.4. The van der Waals surface area contributed by atoms with Gasteiger partial charge in [0.1, 0.15) is 5.82 Å². The average molecular weight is 235 g/mol. The lowest BCUT2D eigenvalue weighted by Gasteiger charge is -2.20. The average Bonchev–Trinajstić information content (AvgIpc) is 2.55. The van der Waals surface area contributed by atoms with E-state index in [0.29, 0.717) is 0 Å². The minimum Gasteiger partial charge on any atom is -0.308 e. The third-order valence-corrected chi connectivity index (χ3v) is 3.19. The number of hydrogen-bond donors (Lipinski definition) is 2. The number of nitrogens with zero attached hydrogens (tertiary/aromatic N) is 3. The summed E-state index contributed by atoms with van der Waals surface area (Å²) in [7, 11) is 2.19. The highest BCUT2D eigenvalue weighted by Crippen LogP contribution is 2.10. The van der Waals surface area contributed by atoms with E-state index in [2.05, 4.69) is 33.3 Å². The second-order valence-electron chi connectivity index (χ2n) is 4.63. The van der Waals surface area contributed by atoms with Crippen LogP contribution in [0.3, 0.4) is 0 Å². The van der Waals surface area contributed by atoms with Gasteiger partial charge < -0.3 is 10.3 Å². The highest BCUT2D eigenvalue weighted by atomic mass is 15.2. The lowest BCUT2D eigenvalue weighted by atomic mass is 10.2. The van der Waals surface area contributed by atoms with Crippen LogP contribution in [-0.2, 0) is 6.54 Å².